The van der Waals surface area contributed by atoms with Crippen LogP contribution >= 0.6 is 0 Å². The van der Waals surface area contributed by atoms with E-state index in [9.17, 15) is 10.1 Å². The number of carbonyl (C=O) groups excluding carboxylic acids is 1. The van der Waals surface area contributed by atoms with Gasteiger partial charge >= 0.3 is 0 Å². The van der Waals surface area contributed by atoms with Gasteiger partial charge in [0.05, 0.1) is 11.6 Å². The molecule has 1 aromatic carbocycles. The standard InChI is InChI=1S/C17H14N2O3/c1-10-7-8-13(21-10)16-14(17(19)20)12(9-18)15(22-16)11-5-3-2-4-6-11/h2-8,14,16H,1H3,(H2,19,20)/t14-,16+/m0/s1. The molecule has 1 aromatic heterocycles. The zero-order chi connectivity index (χ0) is 15.7. The summed E-state index contributed by atoms with van der Waals surface area (Å²) >= 11 is 0. The van der Waals surface area contributed by atoms with Gasteiger partial charge in [-0.15, -0.1) is 0 Å². The van der Waals surface area contributed by atoms with E-state index < -0.39 is 17.9 Å². The number of furan rings is 1. The van der Waals surface area contributed by atoms with Gasteiger partial charge in [-0.1, -0.05) is 30.3 Å². The molecule has 2 aromatic rings. The number of nitriles is 1. The molecular formula is C17H14N2O3. The normalized spacial score (nSPS) is 20.5. The number of hydrogen-bond donors (Lipinski definition) is 1. The van der Waals surface area contributed by atoms with E-state index in [1.165, 1.54) is 0 Å². The van der Waals surface area contributed by atoms with Crippen molar-refractivity contribution in [3.05, 3.63) is 65.1 Å². The van der Waals surface area contributed by atoms with Crippen molar-refractivity contribution < 1.29 is 13.9 Å². The van der Waals surface area contributed by atoms with Gasteiger partial charge in [0.1, 0.15) is 23.2 Å². The lowest BCUT2D eigenvalue weighted by atomic mass is 9.92. The highest BCUT2D eigenvalue weighted by Crippen LogP contribution is 2.45. The maximum atomic E-state index is 11.9. The Bertz CT molecular complexity index is 784. The molecule has 2 atom stereocenters. The summed E-state index contributed by atoms with van der Waals surface area (Å²) in [5.74, 6) is 0.103. The summed E-state index contributed by atoms with van der Waals surface area (Å²) in [5, 5.41) is 9.46. The molecule has 1 aliphatic rings. The Balaban J connectivity index is 2.08. The third kappa shape index (κ3) is 2.25. The molecule has 0 bridgehead atoms. The van der Waals surface area contributed by atoms with E-state index in [-0.39, 0.29) is 5.57 Å². The Morgan fingerprint density at radius 2 is 1.95 bits per heavy atom. The minimum Gasteiger partial charge on any atom is -0.480 e. The third-order valence-electron chi connectivity index (χ3n) is 3.61. The highest BCUT2D eigenvalue weighted by atomic mass is 16.5. The van der Waals surface area contributed by atoms with Crippen molar-refractivity contribution in [2.24, 2.45) is 11.7 Å². The Kier molecular flexibility index (Phi) is 3.43. The van der Waals surface area contributed by atoms with Crippen LogP contribution in [-0.4, -0.2) is 5.91 Å². The maximum Gasteiger partial charge on any atom is 0.230 e. The van der Waals surface area contributed by atoms with Crippen LogP contribution in [0.4, 0.5) is 0 Å². The van der Waals surface area contributed by atoms with E-state index in [1.54, 1.807) is 19.1 Å². The fraction of sp³-hybridized carbons (Fsp3) is 0.176. The summed E-state index contributed by atoms with van der Waals surface area (Å²) in [4.78, 5) is 11.9. The number of carbonyl (C=O) groups is 1. The number of primary amides is 1. The number of nitrogens with zero attached hydrogens (tertiary/aromatic N) is 1. The molecule has 0 saturated heterocycles. The monoisotopic (exact) mass is 294 g/mol. The molecule has 110 valence electrons. The zero-order valence-electron chi connectivity index (χ0n) is 11.9. The van der Waals surface area contributed by atoms with Gasteiger partial charge in [-0.2, -0.15) is 5.26 Å². The number of aryl methyl sites for hydroxylation is 1. The van der Waals surface area contributed by atoms with E-state index in [1.807, 2.05) is 30.3 Å². The lowest BCUT2D eigenvalue weighted by Crippen LogP contribution is -2.27. The Hall–Kier alpha value is -3.00. The molecule has 2 heterocycles. The van der Waals surface area contributed by atoms with Crippen LogP contribution in [0, 0.1) is 24.2 Å². The molecule has 0 fully saturated rings. The molecule has 0 saturated carbocycles. The number of hydrogen-bond acceptors (Lipinski definition) is 4. The molecule has 0 spiro atoms. The first-order valence-electron chi connectivity index (χ1n) is 6.84. The zero-order valence-corrected chi connectivity index (χ0v) is 11.9. The van der Waals surface area contributed by atoms with Crippen LogP contribution in [0.2, 0.25) is 0 Å². The summed E-state index contributed by atoms with van der Waals surface area (Å²) in [6.07, 6.45) is -0.712. The lowest BCUT2D eigenvalue weighted by Gasteiger charge is -2.15. The SMILES string of the molecule is Cc1ccc([C@H]2OC(c3ccccc3)=C(C#N)[C@@H]2C(N)=O)o1. The quantitative estimate of drug-likeness (QED) is 0.942. The average molecular weight is 294 g/mol. The molecule has 5 heteroatoms. The van der Waals surface area contributed by atoms with Crippen molar-refractivity contribution in [1.82, 2.24) is 0 Å². The highest BCUT2D eigenvalue weighted by Gasteiger charge is 2.43. The fourth-order valence-corrected chi connectivity index (χ4v) is 2.60. The minimum absolute atomic E-state index is 0.234. The molecule has 5 nitrogen and oxygen atoms in total. The Morgan fingerprint density at radius 1 is 1.23 bits per heavy atom. The first-order valence-corrected chi connectivity index (χ1v) is 6.84. The largest absolute Gasteiger partial charge is 0.480 e. The van der Waals surface area contributed by atoms with Crippen molar-refractivity contribution in [1.29, 1.82) is 5.26 Å². The number of benzene rings is 1. The first-order chi connectivity index (χ1) is 10.6. The molecule has 3 rings (SSSR count). The summed E-state index contributed by atoms with van der Waals surface area (Å²) in [6, 6.07) is 14.8. The van der Waals surface area contributed by atoms with Crippen LogP contribution in [0.5, 0.6) is 0 Å². The minimum atomic E-state index is -0.856. The van der Waals surface area contributed by atoms with E-state index >= 15 is 0 Å². The van der Waals surface area contributed by atoms with Crippen molar-refractivity contribution in [3.63, 3.8) is 0 Å². The smallest absolute Gasteiger partial charge is 0.230 e. The van der Waals surface area contributed by atoms with E-state index in [0.717, 1.165) is 5.56 Å². The molecule has 1 amide bonds. The van der Waals surface area contributed by atoms with Gasteiger partial charge in [0.25, 0.3) is 0 Å². The number of nitrogens with two attached hydrogens (primary N) is 1. The van der Waals surface area contributed by atoms with Crippen molar-refractivity contribution in [3.8, 4) is 6.07 Å². The van der Waals surface area contributed by atoms with Crippen LogP contribution in [-0.2, 0) is 9.53 Å². The van der Waals surface area contributed by atoms with Crippen molar-refractivity contribution in [2.45, 2.75) is 13.0 Å². The van der Waals surface area contributed by atoms with Crippen LogP contribution in [0.3, 0.4) is 0 Å². The van der Waals surface area contributed by atoms with Crippen molar-refractivity contribution in [2.75, 3.05) is 0 Å². The van der Waals surface area contributed by atoms with Gasteiger partial charge in [-0.3, -0.25) is 4.79 Å². The Morgan fingerprint density at radius 3 is 2.50 bits per heavy atom. The van der Waals surface area contributed by atoms with Gasteiger partial charge in [-0.25, -0.2) is 0 Å². The van der Waals surface area contributed by atoms with E-state index in [4.69, 9.17) is 14.9 Å². The van der Waals surface area contributed by atoms with Crippen LogP contribution in [0.25, 0.3) is 5.76 Å². The molecule has 0 radical (unpaired) electrons. The predicted octanol–water partition coefficient (Wildman–Crippen LogP) is 2.70. The van der Waals surface area contributed by atoms with E-state index in [2.05, 4.69) is 6.07 Å². The second-order valence-electron chi connectivity index (χ2n) is 5.09. The molecular weight excluding hydrogens is 280 g/mol. The van der Waals surface area contributed by atoms with Crippen LogP contribution in [0.1, 0.15) is 23.2 Å². The second kappa shape index (κ2) is 5.41. The number of amides is 1. The first kappa shape index (κ1) is 14.0. The van der Waals surface area contributed by atoms with Crippen molar-refractivity contribution >= 4 is 11.7 Å². The van der Waals surface area contributed by atoms with Gasteiger partial charge < -0.3 is 14.9 Å². The molecule has 1 aliphatic heterocycles. The summed E-state index contributed by atoms with van der Waals surface area (Å²) < 4.78 is 11.4. The summed E-state index contributed by atoms with van der Waals surface area (Å²) in [7, 11) is 0. The highest BCUT2D eigenvalue weighted by molar-refractivity contribution is 5.87. The van der Waals surface area contributed by atoms with Crippen LogP contribution in [0.15, 0.2) is 52.5 Å². The second-order valence-corrected chi connectivity index (χ2v) is 5.09. The average Bonchev–Trinajstić information content (AvgIpc) is 3.11. The van der Waals surface area contributed by atoms with Crippen LogP contribution < -0.4 is 5.73 Å². The molecule has 22 heavy (non-hydrogen) atoms. The lowest BCUT2D eigenvalue weighted by molar-refractivity contribution is -0.123. The van der Waals surface area contributed by atoms with Gasteiger partial charge in [-0.05, 0) is 19.1 Å². The number of ether oxygens (including phenoxy) is 1. The third-order valence-corrected chi connectivity index (χ3v) is 3.61. The van der Waals surface area contributed by atoms with Gasteiger partial charge in [0.15, 0.2) is 6.10 Å². The topological polar surface area (TPSA) is 89.2 Å². The van der Waals surface area contributed by atoms with Gasteiger partial charge in [0.2, 0.25) is 5.91 Å². The molecule has 0 unspecified atom stereocenters. The summed E-state index contributed by atoms with van der Waals surface area (Å²) in [6.45, 7) is 1.80. The summed E-state index contributed by atoms with van der Waals surface area (Å²) in [5.41, 5.74) is 6.46. The molecule has 2 N–H and O–H groups in total. The molecule has 0 aliphatic carbocycles. The van der Waals surface area contributed by atoms with Gasteiger partial charge in [0, 0.05) is 5.56 Å². The maximum absolute atomic E-state index is 11.9. The fourth-order valence-electron chi connectivity index (χ4n) is 2.60. The number of rotatable bonds is 3. The Labute approximate surface area is 127 Å². The predicted molar refractivity (Wildman–Crippen MR) is 78.9 cm³/mol. The van der Waals surface area contributed by atoms with E-state index in [0.29, 0.717) is 17.3 Å².